The summed E-state index contributed by atoms with van der Waals surface area (Å²) in [6.07, 6.45) is 2.36. The molecule has 1 aliphatic heterocycles. The lowest BCUT2D eigenvalue weighted by molar-refractivity contribution is 0.193. The van der Waals surface area contributed by atoms with E-state index in [1.165, 1.54) is 0 Å². The van der Waals surface area contributed by atoms with Crippen molar-refractivity contribution >= 4 is 33.3 Å². The minimum absolute atomic E-state index is 0.105. The highest BCUT2D eigenvalue weighted by molar-refractivity contribution is 7.88. The Kier molecular flexibility index (Phi) is 5.31. The molecule has 0 atom stereocenters. The molecule has 0 unspecified atom stereocenters. The lowest BCUT2D eigenvalue weighted by atomic mass is 10.1. The highest BCUT2D eigenvalue weighted by Gasteiger charge is 2.24. The van der Waals surface area contributed by atoms with Gasteiger partial charge in [-0.15, -0.1) is 0 Å². The van der Waals surface area contributed by atoms with Crippen molar-refractivity contribution in [2.45, 2.75) is 25.8 Å². The maximum absolute atomic E-state index is 12.3. The minimum atomic E-state index is -3.20. The number of aryl methyl sites for hydroxylation is 1. The van der Waals surface area contributed by atoms with Crippen LogP contribution in [0.15, 0.2) is 18.2 Å². The van der Waals surface area contributed by atoms with E-state index in [9.17, 15) is 13.2 Å². The van der Waals surface area contributed by atoms with Crippen LogP contribution in [0.4, 0.5) is 10.5 Å². The molecule has 0 aliphatic carbocycles. The first-order chi connectivity index (χ1) is 10.2. The second-order valence-electron chi connectivity index (χ2n) is 5.54. The Labute approximate surface area is 135 Å². The molecule has 1 aromatic carbocycles. The number of likely N-dealkylation sites (tertiary alicyclic amines) is 1. The number of piperidine rings is 1. The predicted molar refractivity (Wildman–Crippen MR) is 87.8 cm³/mol. The van der Waals surface area contributed by atoms with Crippen LogP contribution in [-0.2, 0) is 10.0 Å². The number of anilines is 1. The number of rotatable bonds is 3. The molecule has 0 bridgehead atoms. The third-order valence-electron chi connectivity index (χ3n) is 3.60. The summed E-state index contributed by atoms with van der Waals surface area (Å²) in [5.41, 5.74) is 1.63. The number of nitrogens with one attached hydrogen (secondary N) is 2. The Hall–Kier alpha value is -1.31. The zero-order valence-corrected chi connectivity index (χ0v) is 14.2. The van der Waals surface area contributed by atoms with Crippen molar-refractivity contribution in [1.82, 2.24) is 9.62 Å². The average molecular weight is 346 g/mol. The van der Waals surface area contributed by atoms with Gasteiger partial charge in [0.25, 0.3) is 0 Å². The first kappa shape index (κ1) is 17.1. The van der Waals surface area contributed by atoms with E-state index >= 15 is 0 Å². The summed E-state index contributed by atoms with van der Waals surface area (Å²) in [5.74, 6) is 0. The van der Waals surface area contributed by atoms with Crippen LogP contribution >= 0.6 is 11.6 Å². The fourth-order valence-electron chi connectivity index (χ4n) is 2.43. The number of hydrogen-bond acceptors (Lipinski definition) is 3. The second kappa shape index (κ2) is 6.85. The van der Waals surface area contributed by atoms with Crippen molar-refractivity contribution in [2.24, 2.45) is 0 Å². The largest absolute Gasteiger partial charge is 0.324 e. The van der Waals surface area contributed by atoms with Crippen molar-refractivity contribution in [2.75, 3.05) is 24.7 Å². The number of urea groups is 1. The van der Waals surface area contributed by atoms with Gasteiger partial charge in [-0.2, -0.15) is 0 Å². The summed E-state index contributed by atoms with van der Waals surface area (Å²) in [4.78, 5) is 13.9. The molecule has 2 amide bonds. The van der Waals surface area contributed by atoms with Crippen LogP contribution in [0, 0.1) is 6.92 Å². The smallest absolute Gasteiger partial charge is 0.321 e. The fourth-order valence-corrected chi connectivity index (χ4v) is 3.44. The molecule has 1 heterocycles. The van der Waals surface area contributed by atoms with Gasteiger partial charge >= 0.3 is 6.03 Å². The highest BCUT2D eigenvalue weighted by atomic mass is 35.5. The van der Waals surface area contributed by atoms with Crippen LogP contribution in [0.5, 0.6) is 0 Å². The molecule has 0 spiro atoms. The van der Waals surface area contributed by atoms with Gasteiger partial charge in [-0.25, -0.2) is 17.9 Å². The molecule has 0 radical (unpaired) electrons. The van der Waals surface area contributed by atoms with Gasteiger partial charge in [0.2, 0.25) is 10.0 Å². The van der Waals surface area contributed by atoms with Crippen LogP contribution in [0.25, 0.3) is 0 Å². The molecule has 0 aromatic heterocycles. The van der Waals surface area contributed by atoms with Gasteiger partial charge in [-0.3, -0.25) is 0 Å². The predicted octanol–water partition coefficient (Wildman–Crippen LogP) is 2.19. The first-order valence-electron chi connectivity index (χ1n) is 7.04. The monoisotopic (exact) mass is 345 g/mol. The van der Waals surface area contributed by atoms with Crippen molar-refractivity contribution in [1.29, 1.82) is 0 Å². The highest BCUT2D eigenvalue weighted by Crippen LogP contribution is 2.21. The van der Waals surface area contributed by atoms with Crippen molar-refractivity contribution in [3.63, 3.8) is 0 Å². The molecule has 22 heavy (non-hydrogen) atoms. The lowest BCUT2D eigenvalue weighted by Crippen LogP contribution is -2.47. The van der Waals surface area contributed by atoms with Gasteiger partial charge in [-0.1, -0.05) is 17.7 Å². The average Bonchev–Trinajstić information content (AvgIpc) is 2.42. The first-order valence-corrected chi connectivity index (χ1v) is 9.31. The van der Waals surface area contributed by atoms with Crippen molar-refractivity contribution in [3.05, 3.63) is 28.8 Å². The Morgan fingerprint density at radius 1 is 1.32 bits per heavy atom. The van der Waals surface area contributed by atoms with Crippen LogP contribution in [-0.4, -0.2) is 44.7 Å². The molecule has 0 saturated carbocycles. The van der Waals surface area contributed by atoms with Gasteiger partial charge in [0.05, 0.1) is 6.26 Å². The minimum Gasteiger partial charge on any atom is -0.324 e. The van der Waals surface area contributed by atoms with E-state index in [0.717, 1.165) is 11.8 Å². The third-order valence-corrected chi connectivity index (χ3v) is 4.60. The number of halogens is 1. The molecule has 2 rings (SSSR count). The van der Waals surface area contributed by atoms with Gasteiger partial charge in [0.15, 0.2) is 0 Å². The standard InChI is InChI=1S/C14H20ClN3O3S/c1-10-3-4-11(15)9-13(10)16-14(19)18-7-5-12(6-8-18)17-22(2,20)21/h3-4,9,12,17H,5-8H2,1-2H3,(H,16,19). The van der Waals surface area contributed by atoms with Crippen LogP contribution in [0.1, 0.15) is 18.4 Å². The van der Waals surface area contributed by atoms with Gasteiger partial charge in [-0.05, 0) is 37.5 Å². The second-order valence-corrected chi connectivity index (χ2v) is 7.76. The topological polar surface area (TPSA) is 78.5 Å². The molecule has 1 aromatic rings. The van der Waals surface area contributed by atoms with Gasteiger partial charge in [0.1, 0.15) is 0 Å². The van der Waals surface area contributed by atoms with E-state index in [4.69, 9.17) is 11.6 Å². The number of amides is 2. The van der Waals surface area contributed by atoms with E-state index in [-0.39, 0.29) is 12.1 Å². The Morgan fingerprint density at radius 3 is 2.55 bits per heavy atom. The quantitative estimate of drug-likeness (QED) is 0.881. The van der Waals surface area contributed by atoms with E-state index < -0.39 is 10.0 Å². The number of carbonyl (C=O) groups excluding carboxylic acids is 1. The summed E-state index contributed by atoms with van der Waals surface area (Å²) in [5, 5.41) is 3.41. The molecular formula is C14H20ClN3O3S. The fraction of sp³-hybridized carbons (Fsp3) is 0.500. The summed E-state index contributed by atoms with van der Waals surface area (Å²) >= 11 is 5.94. The number of hydrogen-bond donors (Lipinski definition) is 2. The van der Waals surface area contributed by atoms with Crippen LogP contribution in [0.2, 0.25) is 5.02 Å². The zero-order valence-electron chi connectivity index (χ0n) is 12.6. The molecule has 122 valence electrons. The SMILES string of the molecule is Cc1ccc(Cl)cc1NC(=O)N1CCC(NS(C)(=O)=O)CC1. The molecule has 1 saturated heterocycles. The molecule has 2 N–H and O–H groups in total. The normalized spacial score (nSPS) is 16.6. The maximum atomic E-state index is 12.3. The van der Waals surface area contributed by atoms with E-state index in [1.807, 2.05) is 13.0 Å². The zero-order chi connectivity index (χ0) is 16.3. The molecule has 6 nitrogen and oxygen atoms in total. The number of nitrogens with zero attached hydrogens (tertiary/aromatic N) is 1. The third kappa shape index (κ3) is 4.86. The van der Waals surface area contributed by atoms with E-state index in [0.29, 0.717) is 36.6 Å². The van der Waals surface area contributed by atoms with Crippen molar-refractivity contribution < 1.29 is 13.2 Å². The van der Waals surface area contributed by atoms with Crippen LogP contribution < -0.4 is 10.0 Å². The summed E-state index contributed by atoms with van der Waals surface area (Å²) < 4.78 is 25.0. The molecule has 1 aliphatic rings. The number of sulfonamides is 1. The Balaban J connectivity index is 1.91. The van der Waals surface area contributed by atoms with E-state index in [2.05, 4.69) is 10.0 Å². The summed E-state index contributed by atoms with van der Waals surface area (Å²) in [7, 11) is -3.20. The summed E-state index contributed by atoms with van der Waals surface area (Å²) in [6, 6.07) is 5.04. The Bertz CT molecular complexity index is 655. The van der Waals surface area contributed by atoms with Crippen molar-refractivity contribution in [3.8, 4) is 0 Å². The number of benzene rings is 1. The van der Waals surface area contributed by atoms with Crippen LogP contribution in [0.3, 0.4) is 0 Å². The molecular weight excluding hydrogens is 326 g/mol. The maximum Gasteiger partial charge on any atom is 0.321 e. The Morgan fingerprint density at radius 2 is 1.95 bits per heavy atom. The summed E-state index contributed by atoms with van der Waals surface area (Å²) in [6.45, 7) is 2.92. The van der Waals surface area contributed by atoms with Gasteiger partial charge in [0, 0.05) is 29.8 Å². The van der Waals surface area contributed by atoms with E-state index in [1.54, 1.807) is 17.0 Å². The molecule has 1 fully saturated rings. The van der Waals surface area contributed by atoms with Gasteiger partial charge < -0.3 is 10.2 Å². The number of carbonyl (C=O) groups is 1. The molecule has 8 heteroatoms. The lowest BCUT2D eigenvalue weighted by Gasteiger charge is -2.32.